The molecule has 2 aliphatic heterocycles. The van der Waals surface area contributed by atoms with Gasteiger partial charge in [-0.15, -0.1) is 0 Å². The van der Waals surface area contributed by atoms with Crippen molar-refractivity contribution in [1.29, 1.82) is 0 Å². The highest BCUT2D eigenvalue weighted by molar-refractivity contribution is 5.79. The zero-order chi connectivity index (χ0) is 21.0. The zero-order valence-corrected chi connectivity index (χ0v) is 18.9. The number of nitrogens with zero attached hydrogens (tertiary/aromatic N) is 2. The summed E-state index contributed by atoms with van der Waals surface area (Å²) in [6.45, 7) is 8.78. The Morgan fingerprint density at radius 3 is 2.80 bits per heavy atom. The molecule has 0 aromatic heterocycles. The second-order valence-corrected chi connectivity index (χ2v) is 8.53. The summed E-state index contributed by atoms with van der Waals surface area (Å²) in [5, 5.41) is 6.89. The number of likely N-dealkylation sites (tertiary alicyclic amines) is 1. The van der Waals surface area contributed by atoms with Crippen molar-refractivity contribution in [2.75, 3.05) is 39.9 Å². The molecular formula is C24H40N4O2. The van der Waals surface area contributed by atoms with E-state index in [9.17, 15) is 0 Å². The van der Waals surface area contributed by atoms with Crippen molar-refractivity contribution in [2.24, 2.45) is 4.99 Å². The largest absolute Gasteiger partial charge is 0.381 e. The van der Waals surface area contributed by atoms with Crippen LogP contribution in [-0.4, -0.2) is 62.9 Å². The van der Waals surface area contributed by atoms with Crippen LogP contribution in [0.5, 0.6) is 0 Å². The highest BCUT2D eigenvalue weighted by atomic mass is 16.5. The van der Waals surface area contributed by atoms with E-state index in [0.29, 0.717) is 12.7 Å². The average Bonchev–Trinajstić information content (AvgIpc) is 2.79. The summed E-state index contributed by atoms with van der Waals surface area (Å²) >= 11 is 0. The molecule has 1 aromatic carbocycles. The second kappa shape index (κ2) is 12.9. The van der Waals surface area contributed by atoms with E-state index in [1.165, 1.54) is 43.5 Å². The van der Waals surface area contributed by atoms with Gasteiger partial charge in [0, 0.05) is 45.9 Å². The molecule has 0 bridgehead atoms. The van der Waals surface area contributed by atoms with E-state index in [0.717, 1.165) is 57.6 Å². The van der Waals surface area contributed by atoms with Crippen LogP contribution in [-0.2, 0) is 22.6 Å². The number of benzene rings is 1. The van der Waals surface area contributed by atoms with Gasteiger partial charge in [-0.3, -0.25) is 4.99 Å². The molecule has 2 heterocycles. The van der Waals surface area contributed by atoms with Gasteiger partial charge in [0.05, 0.1) is 12.7 Å². The molecule has 30 heavy (non-hydrogen) atoms. The van der Waals surface area contributed by atoms with Crippen molar-refractivity contribution in [2.45, 2.75) is 70.7 Å². The first-order valence-corrected chi connectivity index (χ1v) is 11.7. The summed E-state index contributed by atoms with van der Waals surface area (Å²) in [7, 11) is 1.83. The first-order valence-electron chi connectivity index (χ1n) is 11.7. The van der Waals surface area contributed by atoms with Gasteiger partial charge in [-0.25, -0.2) is 0 Å². The third-order valence-electron chi connectivity index (χ3n) is 6.18. The fourth-order valence-electron chi connectivity index (χ4n) is 4.27. The lowest BCUT2D eigenvalue weighted by Gasteiger charge is -2.33. The molecule has 2 saturated heterocycles. The summed E-state index contributed by atoms with van der Waals surface area (Å²) < 4.78 is 11.5. The molecule has 1 unspecified atom stereocenters. The van der Waals surface area contributed by atoms with Crippen LogP contribution in [0.15, 0.2) is 29.3 Å². The number of rotatable bonds is 9. The molecule has 2 aliphatic rings. The molecule has 0 spiro atoms. The molecule has 0 amide bonds. The second-order valence-electron chi connectivity index (χ2n) is 8.53. The molecule has 2 fully saturated rings. The van der Waals surface area contributed by atoms with Crippen molar-refractivity contribution in [3.63, 3.8) is 0 Å². The van der Waals surface area contributed by atoms with Crippen LogP contribution >= 0.6 is 0 Å². The number of hydrogen-bond acceptors (Lipinski definition) is 4. The minimum Gasteiger partial charge on any atom is -0.381 e. The molecule has 168 valence electrons. The van der Waals surface area contributed by atoms with Crippen LogP contribution in [0.3, 0.4) is 0 Å². The lowest BCUT2D eigenvalue weighted by Crippen LogP contribution is -2.41. The molecule has 0 saturated carbocycles. The van der Waals surface area contributed by atoms with Crippen LogP contribution in [0.25, 0.3) is 0 Å². The molecule has 1 aromatic rings. The van der Waals surface area contributed by atoms with Gasteiger partial charge in [0.15, 0.2) is 5.96 Å². The normalized spacial score (nSPS) is 21.5. The maximum atomic E-state index is 6.05. The standard InChI is InChI=1S/C24H40N4O2/c1-20-7-3-4-13-28(20)14-6-12-26-24(25-2)27-18-21-8-5-9-22(17-21)19-30-23-10-15-29-16-11-23/h5,8-9,17,20,23H,3-4,6-7,10-16,18-19H2,1-2H3,(H2,25,26,27). The molecular weight excluding hydrogens is 376 g/mol. The third kappa shape index (κ3) is 7.89. The number of piperidine rings is 1. The van der Waals surface area contributed by atoms with Crippen LogP contribution in [0.1, 0.15) is 56.6 Å². The van der Waals surface area contributed by atoms with Gasteiger partial charge in [-0.05, 0) is 56.7 Å². The van der Waals surface area contributed by atoms with Gasteiger partial charge in [-0.2, -0.15) is 0 Å². The van der Waals surface area contributed by atoms with Crippen LogP contribution < -0.4 is 10.6 Å². The zero-order valence-electron chi connectivity index (χ0n) is 18.9. The monoisotopic (exact) mass is 416 g/mol. The first kappa shape index (κ1) is 23.0. The fourth-order valence-corrected chi connectivity index (χ4v) is 4.27. The van der Waals surface area contributed by atoms with Crippen molar-refractivity contribution >= 4 is 5.96 Å². The maximum Gasteiger partial charge on any atom is 0.191 e. The Hall–Kier alpha value is -1.63. The van der Waals surface area contributed by atoms with E-state index in [4.69, 9.17) is 9.47 Å². The van der Waals surface area contributed by atoms with E-state index in [-0.39, 0.29) is 0 Å². The number of aliphatic imine (C=N–C) groups is 1. The lowest BCUT2D eigenvalue weighted by atomic mass is 10.0. The Balaban J connectivity index is 1.34. The summed E-state index contributed by atoms with van der Waals surface area (Å²) in [5.41, 5.74) is 2.47. The van der Waals surface area contributed by atoms with Gasteiger partial charge >= 0.3 is 0 Å². The minimum atomic E-state index is 0.330. The highest BCUT2D eigenvalue weighted by Gasteiger charge is 2.17. The van der Waals surface area contributed by atoms with Crippen LogP contribution in [0.2, 0.25) is 0 Å². The summed E-state index contributed by atoms with van der Waals surface area (Å²) in [5.74, 6) is 0.866. The summed E-state index contributed by atoms with van der Waals surface area (Å²) in [6.07, 6.45) is 7.55. The Labute approximate surface area is 182 Å². The topological polar surface area (TPSA) is 58.1 Å². The third-order valence-corrected chi connectivity index (χ3v) is 6.18. The van der Waals surface area contributed by atoms with Crippen LogP contribution in [0, 0.1) is 0 Å². The quantitative estimate of drug-likeness (QED) is 0.367. The fraction of sp³-hybridized carbons (Fsp3) is 0.708. The molecule has 1 atom stereocenters. The van der Waals surface area contributed by atoms with Crippen molar-refractivity contribution in [3.8, 4) is 0 Å². The van der Waals surface area contributed by atoms with E-state index in [1.54, 1.807) is 0 Å². The van der Waals surface area contributed by atoms with Crippen molar-refractivity contribution < 1.29 is 9.47 Å². The summed E-state index contributed by atoms with van der Waals surface area (Å²) in [6, 6.07) is 9.35. The van der Waals surface area contributed by atoms with Gasteiger partial charge in [0.25, 0.3) is 0 Å². The predicted molar refractivity (Wildman–Crippen MR) is 123 cm³/mol. The molecule has 2 N–H and O–H groups in total. The molecule has 3 rings (SSSR count). The average molecular weight is 417 g/mol. The van der Waals surface area contributed by atoms with E-state index in [1.807, 2.05) is 7.05 Å². The van der Waals surface area contributed by atoms with Gasteiger partial charge < -0.3 is 25.0 Å². The smallest absolute Gasteiger partial charge is 0.191 e. The molecule has 6 heteroatoms. The van der Waals surface area contributed by atoms with Gasteiger partial charge in [0.1, 0.15) is 0 Å². The summed E-state index contributed by atoms with van der Waals surface area (Å²) in [4.78, 5) is 6.99. The Morgan fingerprint density at radius 2 is 2.00 bits per heavy atom. The van der Waals surface area contributed by atoms with E-state index < -0.39 is 0 Å². The van der Waals surface area contributed by atoms with Crippen LogP contribution in [0.4, 0.5) is 0 Å². The Kier molecular flexibility index (Phi) is 9.93. The maximum absolute atomic E-state index is 6.05. The number of nitrogens with one attached hydrogen (secondary N) is 2. The Bertz CT molecular complexity index is 646. The number of ether oxygens (including phenoxy) is 2. The number of guanidine groups is 1. The van der Waals surface area contributed by atoms with E-state index >= 15 is 0 Å². The predicted octanol–water partition coefficient (Wildman–Crippen LogP) is 3.31. The first-order chi connectivity index (χ1) is 14.7. The number of hydrogen-bond donors (Lipinski definition) is 2. The van der Waals surface area contributed by atoms with E-state index in [2.05, 4.69) is 51.7 Å². The Morgan fingerprint density at radius 1 is 1.17 bits per heavy atom. The van der Waals surface area contributed by atoms with Crippen molar-refractivity contribution in [1.82, 2.24) is 15.5 Å². The highest BCUT2D eigenvalue weighted by Crippen LogP contribution is 2.16. The SMILES string of the molecule is CN=C(NCCCN1CCCCC1C)NCc1cccc(COC2CCOCC2)c1. The van der Waals surface area contributed by atoms with Gasteiger partial charge in [0.2, 0.25) is 0 Å². The minimum absolute atomic E-state index is 0.330. The van der Waals surface area contributed by atoms with Crippen molar-refractivity contribution in [3.05, 3.63) is 35.4 Å². The molecule has 0 radical (unpaired) electrons. The molecule has 0 aliphatic carbocycles. The lowest BCUT2D eigenvalue weighted by molar-refractivity contribution is -0.0390. The van der Waals surface area contributed by atoms with Gasteiger partial charge in [-0.1, -0.05) is 30.7 Å². The molecule has 6 nitrogen and oxygen atoms in total.